The van der Waals surface area contributed by atoms with E-state index in [-0.39, 0.29) is 0 Å². The largest absolute Gasteiger partial charge is 0.494 e. The Morgan fingerprint density at radius 1 is 1.30 bits per heavy atom. The second-order valence-electron chi connectivity index (χ2n) is 4.93. The molecule has 4 heteroatoms. The van der Waals surface area contributed by atoms with E-state index in [0.717, 1.165) is 31.7 Å². The van der Waals surface area contributed by atoms with Crippen molar-refractivity contribution in [1.29, 1.82) is 0 Å². The second-order valence-corrected chi connectivity index (χ2v) is 4.93. The molecule has 0 spiro atoms. The highest BCUT2D eigenvalue weighted by Crippen LogP contribution is 2.10. The lowest BCUT2D eigenvalue weighted by Gasteiger charge is -2.17. The van der Waals surface area contributed by atoms with E-state index in [1.807, 2.05) is 48.3 Å². The zero-order valence-corrected chi connectivity index (χ0v) is 12.2. The number of rotatable bonds is 8. The molecule has 0 saturated carbocycles. The van der Waals surface area contributed by atoms with Gasteiger partial charge in [-0.05, 0) is 37.1 Å². The third-order valence-electron chi connectivity index (χ3n) is 3.21. The van der Waals surface area contributed by atoms with Crippen molar-refractivity contribution in [1.82, 2.24) is 15.1 Å². The predicted octanol–water partition coefficient (Wildman–Crippen LogP) is 2.41. The Morgan fingerprint density at radius 2 is 2.10 bits per heavy atom. The van der Waals surface area contributed by atoms with E-state index < -0.39 is 0 Å². The Hall–Kier alpha value is -1.81. The fraction of sp³-hybridized carbons (Fsp3) is 0.438. The van der Waals surface area contributed by atoms with E-state index in [2.05, 4.69) is 23.5 Å². The van der Waals surface area contributed by atoms with Crippen LogP contribution in [0.25, 0.3) is 0 Å². The van der Waals surface area contributed by atoms with Crippen molar-refractivity contribution in [3.05, 3.63) is 48.3 Å². The van der Waals surface area contributed by atoms with E-state index >= 15 is 0 Å². The summed E-state index contributed by atoms with van der Waals surface area (Å²) in [6.45, 7) is 3.83. The molecule has 108 valence electrons. The Balaban J connectivity index is 1.80. The lowest BCUT2D eigenvalue weighted by atomic mass is 10.1. The molecule has 1 unspecified atom stereocenters. The van der Waals surface area contributed by atoms with Crippen molar-refractivity contribution in [3.63, 3.8) is 0 Å². The predicted molar refractivity (Wildman–Crippen MR) is 80.9 cm³/mol. The smallest absolute Gasteiger partial charge is 0.119 e. The van der Waals surface area contributed by atoms with Gasteiger partial charge in [-0.1, -0.05) is 25.1 Å². The summed E-state index contributed by atoms with van der Waals surface area (Å²) in [6, 6.07) is 10.4. The Kier molecular flexibility index (Phi) is 5.62. The van der Waals surface area contributed by atoms with Gasteiger partial charge >= 0.3 is 0 Å². The number of nitrogens with zero attached hydrogens (tertiary/aromatic N) is 2. The summed E-state index contributed by atoms with van der Waals surface area (Å²) in [5, 5.41) is 7.72. The number of ether oxygens (including phenoxy) is 1. The van der Waals surface area contributed by atoms with Crippen LogP contribution in [0, 0.1) is 0 Å². The number of aromatic nitrogens is 2. The van der Waals surface area contributed by atoms with Gasteiger partial charge in [-0.2, -0.15) is 5.10 Å². The molecular formula is C16H23N3O. The summed E-state index contributed by atoms with van der Waals surface area (Å²) < 4.78 is 7.61. The SMILES string of the molecule is CCNC(CCOc1ccccc1)Cc1cnn(C)c1. The lowest BCUT2D eigenvalue weighted by Crippen LogP contribution is -2.32. The van der Waals surface area contributed by atoms with Crippen LogP contribution >= 0.6 is 0 Å². The highest BCUT2D eigenvalue weighted by atomic mass is 16.5. The summed E-state index contributed by atoms with van der Waals surface area (Å²) in [5.41, 5.74) is 1.26. The Morgan fingerprint density at radius 3 is 2.75 bits per heavy atom. The van der Waals surface area contributed by atoms with E-state index in [1.54, 1.807) is 0 Å². The highest BCUT2D eigenvalue weighted by molar-refractivity contribution is 5.20. The summed E-state index contributed by atoms with van der Waals surface area (Å²) in [4.78, 5) is 0. The molecule has 0 aliphatic rings. The van der Waals surface area contributed by atoms with E-state index in [4.69, 9.17) is 4.74 Å². The van der Waals surface area contributed by atoms with Gasteiger partial charge in [-0.3, -0.25) is 4.68 Å². The first-order valence-corrected chi connectivity index (χ1v) is 7.16. The molecule has 0 bridgehead atoms. The average Bonchev–Trinajstić information content (AvgIpc) is 2.85. The molecule has 1 N–H and O–H groups in total. The minimum Gasteiger partial charge on any atom is -0.494 e. The standard InChI is InChI=1S/C16H23N3O/c1-3-17-15(11-14-12-18-19(2)13-14)9-10-20-16-7-5-4-6-8-16/h4-8,12-13,15,17H,3,9-11H2,1-2H3. The quantitative estimate of drug-likeness (QED) is 0.803. The molecule has 0 fully saturated rings. The molecule has 20 heavy (non-hydrogen) atoms. The van der Waals surface area contributed by atoms with Crippen LogP contribution in [-0.2, 0) is 13.5 Å². The topological polar surface area (TPSA) is 39.1 Å². The van der Waals surface area contributed by atoms with Crippen LogP contribution in [0.3, 0.4) is 0 Å². The third kappa shape index (κ3) is 4.70. The number of hydrogen-bond acceptors (Lipinski definition) is 3. The summed E-state index contributed by atoms with van der Waals surface area (Å²) in [5.74, 6) is 0.934. The fourth-order valence-corrected chi connectivity index (χ4v) is 2.26. The Labute approximate surface area is 120 Å². The molecule has 4 nitrogen and oxygen atoms in total. The van der Waals surface area contributed by atoms with E-state index in [1.165, 1.54) is 5.56 Å². The molecule has 0 radical (unpaired) electrons. The van der Waals surface area contributed by atoms with Crippen LogP contribution in [0.4, 0.5) is 0 Å². The van der Waals surface area contributed by atoms with Crippen LogP contribution < -0.4 is 10.1 Å². The molecule has 2 rings (SSSR count). The van der Waals surface area contributed by atoms with Gasteiger partial charge in [0.1, 0.15) is 5.75 Å². The first-order chi connectivity index (χ1) is 9.78. The number of benzene rings is 1. The maximum atomic E-state index is 5.76. The molecule has 0 aliphatic carbocycles. The third-order valence-corrected chi connectivity index (χ3v) is 3.21. The van der Waals surface area contributed by atoms with Crippen LogP contribution in [-0.4, -0.2) is 29.0 Å². The molecule has 0 aliphatic heterocycles. The highest BCUT2D eigenvalue weighted by Gasteiger charge is 2.10. The fourth-order valence-electron chi connectivity index (χ4n) is 2.26. The first kappa shape index (κ1) is 14.6. The van der Waals surface area contributed by atoms with Crippen LogP contribution in [0.2, 0.25) is 0 Å². The maximum Gasteiger partial charge on any atom is 0.119 e. The van der Waals surface area contributed by atoms with Crippen molar-refractivity contribution in [2.75, 3.05) is 13.2 Å². The van der Waals surface area contributed by atoms with Crippen molar-refractivity contribution in [3.8, 4) is 5.75 Å². The average molecular weight is 273 g/mol. The number of nitrogens with one attached hydrogen (secondary N) is 1. The van der Waals surface area contributed by atoms with Crippen LogP contribution in [0.1, 0.15) is 18.9 Å². The molecule has 0 saturated heterocycles. The normalized spacial score (nSPS) is 12.3. The summed E-state index contributed by atoms with van der Waals surface area (Å²) in [7, 11) is 1.95. The van der Waals surface area contributed by atoms with Gasteiger partial charge in [-0.25, -0.2) is 0 Å². The molecular weight excluding hydrogens is 250 g/mol. The van der Waals surface area contributed by atoms with Crippen LogP contribution in [0.5, 0.6) is 5.75 Å². The monoisotopic (exact) mass is 273 g/mol. The van der Waals surface area contributed by atoms with Gasteiger partial charge in [0.2, 0.25) is 0 Å². The number of likely N-dealkylation sites (N-methyl/N-ethyl adjacent to an activating group) is 1. The molecule has 1 atom stereocenters. The molecule has 0 amide bonds. The van der Waals surface area contributed by atoms with Gasteiger partial charge in [-0.15, -0.1) is 0 Å². The van der Waals surface area contributed by atoms with Gasteiger partial charge in [0.05, 0.1) is 12.8 Å². The molecule has 2 aromatic rings. The van der Waals surface area contributed by atoms with E-state index in [9.17, 15) is 0 Å². The minimum atomic E-state index is 0.424. The van der Waals surface area contributed by atoms with E-state index in [0.29, 0.717) is 6.04 Å². The van der Waals surface area contributed by atoms with Gasteiger partial charge < -0.3 is 10.1 Å². The second kappa shape index (κ2) is 7.70. The number of para-hydroxylation sites is 1. The lowest BCUT2D eigenvalue weighted by molar-refractivity contribution is 0.285. The van der Waals surface area contributed by atoms with Crippen molar-refractivity contribution < 1.29 is 4.74 Å². The van der Waals surface area contributed by atoms with Crippen molar-refractivity contribution >= 4 is 0 Å². The zero-order valence-electron chi connectivity index (χ0n) is 12.2. The number of aryl methyl sites for hydroxylation is 1. The van der Waals surface area contributed by atoms with Gasteiger partial charge in [0.15, 0.2) is 0 Å². The summed E-state index contributed by atoms with van der Waals surface area (Å²) in [6.07, 6.45) is 5.97. The molecule has 1 heterocycles. The van der Waals surface area contributed by atoms with Crippen LogP contribution in [0.15, 0.2) is 42.7 Å². The summed E-state index contributed by atoms with van der Waals surface area (Å²) >= 11 is 0. The van der Waals surface area contributed by atoms with Crippen molar-refractivity contribution in [2.45, 2.75) is 25.8 Å². The zero-order chi connectivity index (χ0) is 14.2. The first-order valence-electron chi connectivity index (χ1n) is 7.16. The minimum absolute atomic E-state index is 0.424. The molecule has 1 aromatic heterocycles. The van der Waals surface area contributed by atoms with Gasteiger partial charge in [0.25, 0.3) is 0 Å². The van der Waals surface area contributed by atoms with Gasteiger partial charge in [0, 0.05) is 19.3 Å². The Bertz CT molecular complexity index is 495. The maximum absolute atomic E-state index is 5.76. The number of hydrogen-bond donors (Lipinski definition) is 1. The molecule has 1 aromatic carbocycles. The van der Waals surface area contributed by atoms with Crippen molar-refractivity contribution in [2.24, 2.45) is 7.05 Å².